The van der Waals surface area contributed by atoms with Crippen molar-refractivity contribution in [1.29, 1.82) is 0 Å². The van der Waals surface area contributed by atoms with Crippen molar-refractivity contribution in [3.05, 3.63) is 35.9 Å². The Bertz CT molecular complexity index is 750. The van der Waals surface area contributed by atoms with Crippen LogP contribution in [0, 0.1) is 0 Å². The normalized spacial score (nSPS) is 18.8. The third-order valence-electron chi connectivity index (χ3n) is 5.84. The number of urea groups is 1. The van der Waals surface area contributed by atoms with Gasteiger partial charge in [0.15, 0.2) is 5.82 Å². The van der Waals surface area contributed by atoms with E-state index >= 15 is 0 Å². The molecule has 2 aromatic rings. The van der Waals surface area contributed by atoms with Gasteiger partial charge in [-0.3, -0.25) is 4.90 Å². The van der Waals surface area contributed by atoms with E-state index in [1.807, 2.05) is 19.1 Å². The first kappa shape index (κ1) is 19.0. The first-order chi connectivity index (χ1) is 13.7. The summed E-state index contributed by atoms with van der Waals surface area (Å²) in [7, 11) is 0. The van der Waals surface area contributed by atoms with Gasteiger partial charge < -0.3 is 19.2 Å². The molecule has 2 aliphatic rings. The maximum absolute atomic E-state index is 12.8. The third-order valence-corrected chi connectivity index (χ3v) is 5.84. The van der Waals surface area contributed by atoms with Crippen molar-refractivity contribution in [1.82, 2.24) is 25.3 Å². The summed E-state index contributed by atoms with van der Waals surface area (Å²) in [5.74, 6) is 2.58. The molecule has 1 aliphatic heterocycles. The minimum absolute atomic E-state index is 0.0653. The Kier molecular flexibility index (Phi) is 5.95. The number of rotatable bonds is 8. The second-order valence-electron chi connectivity index (χ2n) is 7.65. The van der Waals surface area contributed by atoms with Crippen LogP contribution in [0.3, 0.4) is 0 Å². The van der Waals surface area contributed by atoms with Crippen LogP contribution < -0.4 is 5.32 Å². The van der Waals surface area contributed by atoms with Gasteiger partial charge >= 0.3 is 6.03 Å². The van der Waals surface area contributed by atoms with E-state index in [-0.39, 0.29) is 12.1 Å². The molecule has 28 heavy (non-hydrogen) atoms. The maximum Gasteiger partial charge on any atom is 0.317 e. The molecule has 1 unspecified atom stereocenters. The predicted octanol–water partition coefficient (Wildman–Crippen LogP) is 3.30. The smallest absolute Gasteiger partial charge is 0.317 e. The van der Waals surface area contributed by atoms with E-state index in [9.17, 15) is 4.79 Å². The second kappa shape index (κ2) is 8.77. The summed E-state index contributed by atoms with van der Waals surface area (Å²) in [5, 5.41) is 7.13. The van der Waals surface area contributed by atoms with Gasteiger partial charge in [0, 0.05) is 19.0 Å². The summed E-state index contributed by atoms with van der Waals surface area (Å²) in [6.07, 6.45) is 7.52. The van der Waals surface area contributed by atoms with Crippen LogP contribution in [-0.2, 0) is 6.54 Å². The highest BCUT2D eigenvalue weighted by Gasteiger charge is 2.28. The van der Waals surface area contributed by atoms with Gasteiger partial charge in [-0.2, -0.15) is 4.98 Å². The van der Waals surface area contributed by atoms with Gasteiger partial charge in [0.1, 0.15) is 5.76 Å². The van der Waals surface area contributed by atoms with E-state index in [1.165, 1.54) is 19.3 Å². The fraction of sp³-hybridized carbons (Fsp3) is 0.650. The van der Waals surface area contributed by atoms with Gasteiger partial charge in [-0.05, 0) is 57.8 Å². The summed E-state index contributed by atoms with van der Waals surface area (Å²) in [4.78, 5) is 21.3. The third kappa shape index (κ3) is 4.22. The molecule has 1 N–H and O–H groups in total. The van der Waals surface area contributed by atoms with Gasteiger partial charge in [0.25, 0.3) is 0 Å². The molecule has 1 atom stereocenters. The van der Waals surface area contributed by atoms with E-state index in [1.54, 1.807) is 11.2 Å². The maximum atomic E-state index is 12.8. The van der Waals surface area contributed by atoms with Gasteiger partial charge in [0.05, 0.1) is 18.8 Å². The lowest BCUT2D eigenvalue weighted by molar-refractivity contribution is 0.180. The molecule has 1 aliphatic carbocycles. The number of hydrogen-bond acceptors (Lipinski definition) is 6. The highest BCUT2D eigenvalue weighted by Crippen LogP contribution is 2.35. The topological polar surface area (TPSA) is 87.6 Å². The summed E-state index contributed by atoms with van der Waals surface area (Å²) in [6.45, 7) is 5.47. The molecular formula is C20H29N5O3. The van der Waals surface area contributed by atoms with E-state index < -0.39 is 0 Å². The summed E-state index contributed by atoms with van der Waals surface area (Å²) in [5.41, 5.74) is 0. The first-order valence-corrected chi connectivity index (χ1v) is 10.4. The van der Waals surface area contributed by atoms with E-state index in [0.29, 0.717) is 37.3 Å². The van der Waals surface area contributed by atoms with Crippen molar-refractivity contribution < 1.29 is 13.7 Å². The fourth-order valence-corrected chi connectivity index (χ4v) is 3.89. The molecule has 8 heteroatoms. The minimum Gasteiger partial charge on any atom is -0.468 e. The molecule has 8 nitrogen and oxygen atoms in total. The van der Waals surface area contributed by atoms with Crippen LogP contribution >= 0.6 is 0 Å². The number of amides is 2. The van der Waals surface area contributed by atoms with Crippen molar-refractivity contribution in [2.24, 2.45) is 0 Å². The number of nitrogens with zero attached hydrogens (tertiary/aromatic N) is 4. The molecule has 152 valence electrons. The van der Waals surface area contributed by atoms with Gasteiger partial charge in [-0.15, -0.1) is 0 Å². The zero-order valence-corrected chi connectivity index (χ0v) is 16.5. The van der Waals surface area contributed by atoms with Gasteiger partial charge in [-0.25, -0.2) is 4.79 Å². The Morgan fingerprint density at radius 3 is 2.82 bits per heavy atom. The van der Waals surface area contributed by atoms with Crippen LogP contribution in [-0.4, -0.2) is 52.2 Å². The zero-order chi connectivity index (χ0) is 19.3. The SMILES string of the molecule is CCN(Cc1noc(C2CCC2)n1)C(=O)NCC(c1ccco1)N1CCCC1. The minimum atomic E-state index is -0.117. The van der Waals surface area contributed by atoms with Crippen LogP contribution in [0.1, 0.15) is 68.5 Å². The molecule has 1 saturated carbocycles. The van der Waals surface area contributed by atoms with Crippen LogP contribution in [0.5, 0.6) is 0 Å². The van der Waals surface area contributed by atoms with Crippen molar-refractivity contribution in [2.45, 2.75) is 57.5 Å². The number of carbonyl (C=O) groups is 1. The molecule has 2 amide bonds. The monoisotopic (exact) mass is 387 g/mol. The highest BCUT2D eigenvalue weighted by atomic mass is 16.5. The number of hydrogen-bond donors (Lipinski definition) is 1. The highest BCUT2D eigenvalue weighted by molar-refractivity contribution is 5.74. The largest absolute Gasteiger partial charge is 0.468 e. The molecule has 0 spiro atoms. The Hall–Kier alpha value is -2.35. The molecule has 2 aromatic heterocycles. The lowest BCUT2D eigenvalue weighted by Crippen LogP contribution is -2.43. The lowest BCUT2D eigenvalue weighted by atomic mass is 9.85. The Balaban J connectivity index is 1.34. The number of furan rings is 1. The molecule has 0 bridgehead atoms. The quantitative estimate of drug-likeness (QED) is 0.748. The standard InChI is InChI=1S/C20H29N5O3/c1-2-24(14-18-22-19(28-23-18)15-7-5-8-15)20(26)21-13-16(17-9-6-12-27-17)25-10-3-4-11-25/h6,9,12,15-16H,2-5,7-8,10-11,13-14H2,1H3,(H,21,26). The Morgan fingerprint density at radius 2 is 2.18 bits per heavy atom. The number of carbonyl (C=O) groups excluding carboxylic acids is 1. The lowest BCUT2D eigenvalue weighted by Gasteiger charge is -2.27. The van der Waals surface area contributed by atoms with Crippen LogP contribution in [0.25, 0.3) is 0 Å². The van der Waals surface area contributed by atoms with E-state index in [4.69, 9.17) is 8.94 Å². The summed E-state index contributed by atoms with van der Waals surface area (Å²) < 4.78 is 11.0. The summed E-state index contributed by atoms with van der Waals surface area (Å²) in [6, 6.07) is 3.83. The number of aromatic nitrogens is 2. The van der Waals surface area contributed by atoms with Crippen molar-refractivity contribution in [3.8, 4) is 0 Å². The van der Waals surface area contributed by atoms with Gasteiger partial charge in [0.2, 0.25) is 5.89 Å². The summed E-state index contributed by atoms with van der Waals surface area (Å²) >= 11 is 0. The first-order valence-electron chi connectivity index (χ1n) is 10.4. The molecule has 4 rings (SSSR count). The fourth-order valence-electron chi connectivity index (χ4n) is 3.89. The average Bonchev–Trinajstić information content (AvgIpc) is 3.41. The molecular weight excluding hydrogens is 358 g/mol. The number of nitrogens with one attached hydrogen (secondary N) is 1. The van der Waals surface area contributed by atoms with E-state index in [2.05, 4.69) is 20.4 Å². The van der Waals surface area contributed by atoms with Crippen LogP contribution in [0.15, 0.2) is 27.3 Å². The number of likely N-dealkylation sites (tertiary alicyclic amines) is 1. The molecule has 3 heterocycles. The van der Waals surface area contributed by atoms with Crippen molar-refractivity contribution in [3.63, 3.8) is 0 Å². The Labute approximate surface area is 165 Å². The van der Waals surface area contributed by atoms with Crippen LogP contribution in [0.4, 0.5) is 4.79 Å². The molecule has 1 saturated heterocycles. The van der Waals surface area contributed by atoms with Crippen molar-refractivity contribution in [2.75, 3.05) is 26.2 Å². The molecule has 2 fully saturated rings. The predicted molar refractivity (Wildman–Crippen MR) is 103 cm³/mol. The molecule has 0 aromatic carbocycles. The Morgan fingerprint density at radius 1 is 1.36 bits per heavy atom. The molecule has 0 radical (unpaired) electrons. The van der Waals surface area contributed by atoms with Crippen molar-refractivity contribution >= 4 is 6.03 Å². The van der Waals surface area contributed by atoms with Crippen LogP contribution in [0.2, 0.25) is 0 Å². The zero-order valence-electron chi connectivity index (χ0n) is 16.5. The van der Waals surface area contributed by atoms with Gasteiger partial charge in [-0.1, -0.05) is 11.6 Å². The van der Waals surface area contributed by atoms with E-state index in [0.717, 1.165) is 31.7 Å². The second-order valence-corrected chi connectivity index (χ2v) is 7.65. The average molecular weight is 387 g/mol.